The van der Waals surface area contributed by atoms with Gasteiger partial charge in [-0.05, 0) is 41.3 Å². The molecule has 0 N–H and O–H groups in total. The maximum absolute atomic E-state index is 12.2. The van der Waals surface area contributed by atoms with Gasteiger partial charge in [-0.1, -0.05) is 0 Å². The van der Waals surface area contributed by atoms with Crippen LogP contribution in [0.15, 0.2) is 22.9 Å². The smallest absolute Gasteiger partial charge is 0.246 e. The lowest BCUT2D eigenvalue weighted by atomic mass is 9.97. The molecule has 4 nitrogen and oxygen atoms in total. The van der Waals surface area contributed by atoms with Crippen LogP contribution >= 0.6 is 11.3 Å². The summed E-state index contributed by atoms with van der Waals surface area (Å²) in [6.45, 7) is 2.91. The van der Waals surface area contributed by atoms with Crippen molar-refractivity contribution in [1.82, 2.24) is 4.90 Å². The maximum atomic E-state index is 12.2. The van der Waals surface area contributed by atoms with E-state index in [9.17, 15) is 4.79 Å². The van der Waals surface area contributed by atoms with Crippen molar-refractivity contribution >= 4 is 23.3 Å². The van der Waals surface area contributed by atoms with E-state index in [1.807, 2.05) is 27.8 Å². The zero-order valence-electron chi connectivity index (χ0n) is 11.4. The summed E-state index contributed by atoms with van der Waals surface area (Å²) < 4.78 is 11.1. The number of thiophene rings is 1. The van der Waals surface area contributed by atoms with Crippen molar-refractivity contribution in [2.45, 2.75) is 19.1 Å². The lowest BCUT2D eigenvalue weighted by Gasteiger charge is -2.34. The van der Waals surface area contributed by atoms with Gasteiger partial charge < -0.3 is 14.4 Å². The number of carbonyl (C=O) groups excluding carboxylic acids is 1. The third-order valence-corrected chi connectivity index (χ3v) is 4.46. The predicted octanol–water partition coefficient (Wildman–Crippen LogP) is 2.37. The maximum Gasteiger partial charge on any atom is 0.246 e. The van der Waals surface area contributed by atoms with Crippen LogP contribution in [0.4, 0.5) is 0 Å². The quantitative estimate of drug-likeness (QED) is 0.803. The zero-order valence-corrected chi connectivity index (χ0v) is 12.2. The van der Waals surface area contributed by atoms with Crippen LogP contribution < -0.4 is 0 Å². The Morgan fingerprint density at radius 2 is 2.25 bits per heavy atom. The van der Waals surface area contributed by atoms with Gasteiger partial charge in [-0.15, -0.1) is 0 Å². The lowest BCUT2D eigenvalue weighted by Crippen LogP contribution is -2.43. The van der Waals surface area contributed by atoms with Gasteiger partial charge in [-0.2, -0.15) is 11.3 Å². The summed E-state index contributed by atoms with van der Waals surface area (Å²) in [6.07, 6.45) is 5.52. The van der Waals surface area contributed by atoms with E-state index in [1.54, 1.807) is 17.4 Å². The SMILES string of the molecule is O=C(/C=C/c1ccsc1)N1CCCC(C2OCCO2)C1. The third-order valence-electron chi connectivity index (χ3n) is 3.76. The van der Waals surface area contributed by atoms with Crippen LogP contribution in [0.5, 0.6) is 0 Å². The van der Waals surface area contributed by atoms with Gasteiger partial charge in [0.2, 0.25) is 5.91 Å². The largest absolute Gasteiger partial charge is 0.350 e. The second-order valence-corrected chi connectivity index (χ2v) is 5.97. The van der Waals surface area contributed by atoms with Crippen molar-refractivity contribution in [2.75, 3.05) is 26.3 Å². The second-order valence-electron chi connectivity index (χ2n) is 5.19. The molecular weight excluding hydrogens is 274 g/mol. The van der Waals surface area contributed by atoms with Gasteiger partial charge in [0.15, 0.2) is 6.29 Å². The fourth-order valence-electron chi connectivity index (χ4n) is 2.72. The number of nitrogens with zero attached hydrogens (tertiary/aromatic N) is 1. The predicted molar refractivity (Wildman–Crippen MR) is 78.3 cm³/mol. The van der Waals surface area contributed by atoms with Gasteiger partial charge in [0.1, 0.15) is 0 Å². The summed E-state index contributed by atoms with van der Waals surface area (Å²) in [4.78, 5) is 14.1. The standard InChI is InChI=1S/C15H19NO3S/c17-14(4-3-12-5-9-20-11-12)16-6-1-2-13(10-16)15-18-7-8-19-15/h3-5,9,11,13,15H,1-2,6-8,10H2/b4-3+. The highest BCUT2D eigenvalue weighted by Gasteiger charge is 2.32. The van der Waals surface area contributed by atoms with E-state index in [4.69, 9.17) is 9.47 Å². The molecule has 1 aromatic rings. The monoisotopic (exact) mass is 293 g/mol. The first-order chi connectivity index (χ1) is 9.83. The number of piperidine rings is 1. The molecule has 20 heavy (non-hydrogen) atoms. The van der Waals surface area contributed by atoms with Crippen LogP contribution in [0.2, 0.25) is 0 Å². The number of hydrogen-bond acceptors (Lipinski definition) is 4. The normalized spacial score (nSPS) is 24.6. The number of ether oxygens (including phenoxy) is 2. The minimum Gasteiger partial charge on any atom is -0.350 e. The molecule has 1 aromatic heterocycles. The molecule has 2 saturated heterocycles. The molecule has 2 aliphatic heterocycles. The minimum atomic E-state index is -0.119. The Kier molecular flexibility index (Phi) is 4.50. The molecule has 0 spiro atoms. The first-order valence-corrected chi connectivity index (χ1v) is 7.99. The summed E-state index contributed by atoms with van der Waals surface area (Å²) in [6, 6.07) is 2.01. The Bertz CT molecular complexity index is 465. The summed E-state index contributed by atoms with van der Waals surface area (Å²) in [5, 5.41) is 4.04. The van der Waals surface area contributed by atoms with Crippen LogP contribution in [-0.4, -0.2) is 43.4 Å². The molecule has 2 aliphatic rings. The van der Waals surface area contributed by atoms with Gasteiger partial charge in [0.25, 0.3) is 0 Å². The van der Waals surface area contributed by atoms with Crippen LogP contribution in [-0.2, 0) is 14.3 Å². The molecule has 2 fully saturated rings. The van der Waals surface area contributed by atoms with E-state index in [-0.39, 0.29) is 12.2 Å². The molecular formula is C15H19NO3S. The first kappa shape index (κ1) is 13.8. The topological polar surface area (TPSA) is 38.8 Å². The third kappa shape index (κ3) is 3.29. The number of likely N-dealkylation sites (tertiary alicyclic amines) is 1. The molecule has 5 heteroatoms. The number of rotatable bonds is 3. The fourth-order valence-corrected chi connectivity index (χ4v) is 3.35. The molecule has 0 aromatic carbocycles. The van der Waals surface area contributed by atoms with Crippen LogP contribution in [0.25, 0.3) is 6.08 Å². The Hall–Kier alpha value is -1.17. The molecule has 1 amide bonds. The highest BCUT2D eigenvalue weighted by molar-refractivity contribution is 7.08. The molecule has 0 radical (unpaired) electrons. The molecule has 108 valence electrons. The van der Waals surface area contributed by atoms with Crippen LogP contribution in [0.3, 0.4) is 0 Å². The second kappa shape index (κ2) is 6.52. The van der Waals surface area contributed by atoms with Crippen molar-refractivity contribution in [1.29, 1.82) is 0 Å². The van der Waals surface area contributed by atoms with Crippen molar-refractivity contribution < 1.29 is 14.3 Å². The minimum absolute atomic E-state index is 0.0823. The van der Waals surface area contributed by atoms with E-state index < -0.39 is 0 Å². The van der Waals surface area contributed by atoms with E-state index in [1.165, 1.54) is 0 Å². The first-order valence-electron chi connectivity index (χ1n) is 7.05. The molecule has 1 unspecified atom stereocenters. The molecule has 0 saturated carbocycles. The summed E-state index contributed by atoms with van der Waals surface area (Å²) in [5.41, 5.74) is 1.08. The Morgan fingerprint density at radius 1 is 1.40 bits per heavy atom. The van der Waals surface area contributed by atoms with E-state index in [0.29, 0.717) is 19.1 Å². The number of amides is 1. The summed E-state index contributed by atoms with van der Waals surface area (Å²) >= 11 is 1.63. The van der Waals surface area contributed by atoms with Gasteiger partial charge in [0, 0.05) is 25.1 Å². The number of carbonyl (C=O) groups is 1. The average Bonchev–Trinajstić information content (AvgIpc) is 3.18. The molecule has 1 atom stereocenters. The highest BCUT2D eigenvalue weighted by Crippen LogP contribution is 2.25. The van der Waals surface area contributed by atoms with Crippen LogP contribution in [0, 0.1) is 5.92 Å². The Labute approximate surface area is 123 Å². The zero-order chi connectivity index (χ0) is 13.8. The fraction of sp³-hybridized carbons (Fsp3) is 0.533. The van der Waals surface area contributed by atoms with E-state index >= 15 is 0 Å². The van der Waals surface area contributed by atoms with Gasteiger partial charge in [0.05, 0.1) is 13.2 Å². The molecule has 0 bridgehead atoms. The Morgan fingerprint density at radius 3 is 3.00 bits per heavy atom. The van der Waals surface area contributed by atoms with Gasteiger partial charge >= 0.3 is 0 Å². The van der Waals surface area contributed by atoms with E-state index in [0.717, 1.165) is 31.5 Å². The highest BCUT2D eigenvalue weighted by atomic mass is 32.1. The number of hydrogen-bond donors (Lipinski definition) is 0. The average molecular weight is 293 g/mol. The van der Waals surface area contributed by atoms with Crippen molar-refractivity contribution in [2.24, 2.45) is 5.92 Å². The lowest BCUT2D eigenvalue weighted by molar-refractivity contribution is -0.134. The summed E-state index contributed by atoms with van der Waals surface area (Å²) in [5.74, 6) is 0.392. The molecule has 0 aliphatic carbocycles. The van der Waals surface area contributed by atoms with Crippen molar-refractivity contribution in [3.8, 4) is 0 Å². The molecule has 3 rings (SSSR count). The summed E-state index contributed by atoms with van der Waals surface area (Å²) in [7, 11) is 0. The van der Waals surface area contributed by atoms with Gasteiger partial charge in [-0.25, -0.2) is 0 Å². The Balaban J connectivity index is 1.57. The van der Waals surface area contributed by atoms with Crippen molar-refractivity contribution in [3.63, 3.8) is 0 Å². The molecule has 3 heterocycles. The van der Waals surface area contributed by atoms with Crippen LogP contribution in [0.1, 0.15) is 18.4 Å². The van der Waals surface area contributed by atoms with Crippen molar-refractivity contribution in [3.05, 3.63) is 28.5 Å². The van der Waals surface area contributed by atoms with Gasteiger partial charge in [-0.3, -0.25) is 4.79 Å². The van der Waals surface area contributed by atoms with E-state index in [2.05, 4.69) is 0 Å².